The van der Waals surface area contributed by atoms with E-state index in [1.807, 2.05) is 26.0 Å². The largest absolute Gasteiger partial charge is 0.466 e. The average Bonchev–Trinajstić information content (AvgIpc) is 1.94. The van der Waals surface area contributed by atoms with Crippen LogP contribution in [0.1, 0.15) is 11.1 Å². The van der Waals surface area contributed by atoms with Gasteiger partial charge in [-0.15, -0.1) is 0 Å². The van der Waals surface area contributed by atoms with Crippen LogP contribution < -0.4 is 5.73 Å². The monoisotopic (exact) mass is 219 g/mol. The van der Waals surface area contributed by atoms with Crippen molar-refractivity contribution in [2.24, 2.45) is 0 Å². The highest BCUT2D eigenvalue weighted by Crippen LogP contribution is 2.25. The summed E-state index contributed by atoms with van der Waals surface area (Å²) in [6, 6.07) is 6.08. The number of nitrogens with two attached hydrogens (primary N) is 1. The fourth-order valence-electron chi connectivity index (χ4n) is 0.760. The fraction of sp³-hybridized carbons (Fsp3) is 0.250. The minimum atomic E-state index is -4.64. The molecule has 0 unspecified atom stereocenters. The molecule has 0 saturated heterocycles. The number of benzene rings is 1. The van der Waals surface area contributed by atoms with Crippen LogP contribution in [0.25, 0.3) is 0 Å². The molecule has 0 aliphatic rings. The molecule has 0 spiro atoms. The van der Waals surface area contributed by atoms with Gasteiger partial charge in [0.05, 0.1) is 0 Å². The van der Waals surface area contributed by atoms with E-state index in [4.69, 9.17) is 25.0 Å². The maximum Gasteiger partial charge on any atom is 0.466 e. The number of hydrogen-bond donors (Lipinski definition) is 4. The van der Waals surface area contributed by atoms with Crippen LogP contribution >= 0.6 is 7.82 Å². The molecule has 0 atom stereocenters. The Bertz CT molecular complexity index is 339. The molecule has 0 aliphatic heterocycles. The second-order valence-corrected chi connectivity index (χ2v) is 3.90. The number of aryl methyl sites for hydroxylation is 2. The summed E-state index contributed by atoms with van der Waals surface area (Å²) in [4.78, 5) is 21.6. The van der Waals surface area contributed by atoms with Crippen molar-refractivity contribution in [2.45, 2.75) is 13.8 Å². The summed E-state index contributed by atoms with van der Waals surface area (Å²) in [7, 11) is -4.64. The Balaban J connectivity index is 0.000000292. The molecule has 5 nitrogen and oxygen atoms in total. The van der Waals surface area contributed by atoms with Crippen LogP contribution in [0.4, 0.5) is 5.69 Å². The Morgan fingerprint density at radius 1 is 1.21 bits per heavy atom. The Kier molecular flexibility index (Phi) is 4.80. The third kappa shape index (κ3) is 7.76. The molecule has 0 amide bonds. The lowest BCUT2D eigenvalue weighted by Gasteiger charge is -1.98. The van der Waals surface area contributed by atoms with Crippen LogP contribution in [0.2, 0.25) is 0 Å². The minimum absolute atomic E-state index is 0.884. The first-order valence-electron chi connectivity index (χ1n) is 3.81. The zero-order valence-electron chi connectivity index (χ0n) is 8.01. The zero-order chi connectivity index (χ0) is 11.4. The third-order valence-electron chi connectivity index (χ3n) is 1.43. The highest BCUT2D eigenvalue weighted by atomic mass is 31.2. The van der Waals surface area contributed by atoms with Crippen LogP contribution in [0, 0.1) is 13.8 Å². The molecule has 1 aromatic carbocycles. The summed E-state index contributed by atoms with van der Waals surface area (Å²) in [6.07, 6.45) is 0. The van der Waals surface area contributed by atoms with E-state index in [9.17, 15) is 0 Å². The second kappa shape index (κ2) is 5.12. The zero-order valence-corrected chi connectivity index (χ0v) is 8.90. The van der Waals surface area contributed by atoms with Crippen LogP contribution in [0.5, 0.6) is 0 Å². The summed E-state index contributed by atoms with van der Waals surface area (Å²) < 4.78 is 8.88. The van der Waals surface area contributed by atoms with Gasteiger partial charge in [-0.2, -0.15) is 0 Å². The lowest BCUT2D eigenvalue weighted by atomic mass is 10.1. The molecule has 0 fully saturated rings. The van der Waals surface area contributed by atoms with Crippen molar-refractivity contribution in [2.75, 3.05) is 5.73 Å². The van der Waals surface area contributed by atoms with E-state index in [1.165, 1.54) is 5.56 Å². The van der Waals surface area contributed by atoms with Gasteiger partial charge in [0.1, 0.15) is 0 Å². The number of phosphoric acid groups is 1. The van der Waals surface area contributed by atoms with Crippen LogP contribution in [0.3, 0.4) is 0 Å². The van der Waals surface area contributed by atoms with Gasteiger partial charge >= 0.3 is 7.82 Å². The topological polar surface area (TPSA) is 104 Å². The van der Waals surface area contributed by atoms with Gasteiger partial charge in [-0.1, -0.05) is 12.1 Å². The molecule has 0 radical (unpaired) electrons. The number of anilines is 1. The molecule has 0 heterocycles. The fourth-order valence-corrected chi connectivity index (χ4v) is 0.760. The predicted molar refractivity (Wildman–Crippen MR) is 54.6 cm³/mol. The molecule has 0 saturated carbocycles. The van der Waals surface area contributed by atoms with Gasteiger partial charge in [0.15, 0.2) is 0 Å². The third-order valence-corrected chi connectivity index (χ3v) is 1.43. The van der Waals surface area contributed by atoms with Gasteiger partial charge in [0, 0.05) is 5.69 Å². The molecule has 14 heavy (non-hydrogen) atoms. The molecular weight excluding hydrogens is 205 g/mol. The van der Waals surface area contributed by atoms with Crippen molar-refractivity contribution in [1.82, 2.24) is 0 Å². The lowest BCUT2D eigenvalue weighted by Crippen LogP contribution is -1.88. The number of nitrogen functional groups attached to an aromatic ring is 1. The van der Waals surface area contributed by atoms with Gasteiger partial charge < -0.3 is 20.4 Å². The standard InChI is InChI=1S/C8H11N.H3O4P/c1-6-3-4-7(2)8(9)5-6;1-5(2,3)4/h3-5H,9H2,1-2H3;(H3,1,2,3,4). The van der Waals surface area contributed by atoms with Gasteiger partial charge in [0.2, 0.25) is 0 Å². The first-order valence-corrected chi connectivity index (χ1v) is 5.37. The quantitative estimate of drug-likeness (QED) is 0.384. The van der Waals surface area contributed by atoms with Gasteiger partial charge in [-0.3, -0.25) is 0 Å². The van der Waals surface area contributed by atoms with Crippen LogP contribution in [-0.4, -0.2) is 14.7 Å². The van der Waals surface area contributed by atoms with Crippen molar-refractivity contribution in [3.8, 4) is 0 Å². The Morgan fingerprint density at radius 3 is 1.93 bits per heavy atom. The van der Waals surface area contributed by atoms with Gasteiger partial charge in [0.25, 0.3) is 0 Å². The summed E-state index contributed by atoms with van der Waals surface area (Å²) in [5.74, 6) is 0. The molecule has 0 aromatic heterocycles. The molecular formula is C8H14NO4P. The highest BCUT2D eigenvalue weighted by Gasteiger charge is 2.00. The predicted octanol–water partition coefficient (Wildman–Crippen LogP) is 0.957. The Morgan fingerprint density at radius 2 is 1.64 bits per heavy atom. The Labute approximate surface area is 82.4 Å². The van der Waals surface area contributed by atoms with Crippen molar-refractivity contribution in [3.63, 3.8) is 0 Å². The lowest BCUT2D eigenvalue weighted by molar-refractivity contribution is 0.275. The van der Waals surface area contributed by atoms with Crippen LogP contribution in [-0.2, 0) is 4.57 Å². The van der Waals surface area contributed by atoms with Crippen molar-refractivity contribution < 1.29 is 19.2 Å². The smallest absolute Gasteiger partial charge is 0.399 e. The van der Waals surface area contributed by atoms with Gasteiger partial charge in [-0.05, 0) is 31.0 Å². The van der Waals surface area contributed by atoms with E-state index in [0.29, 0.717) is 0 Å². The normalized spacial score (nSPS) is 10.4. The highest BCUT2D eigenvalue weighted by molar-refractivity contribution is 7.45. The van der Waals surface area contributed by atoms with Gasteiger partial charge in [-0.25, -0.2) is 4.57 Å². The molecule has 0 bridgehead atoms. The Hall–Kier alpha value is -0.870. The number of hydrogen-bond acceptors (Lipinski definition) is 2. The maximum absolute atomic E-state index is 8.88. The van der Waals surface area contributed by atoms with E-state index in [2.05, 4.69) is 6.07 Å². The second-order valence-electron chi connectivity index (χ2n) is 2.87. The SMILES string of the molecule is Cc1ccc(C)c(N)c1.O=P(O)(O)O. The summed E-state index contributed by atoms with van der Waals surface area (Å²) in [5.41, 5.74) is 8.88. The van der Waals surface area contributed by atoms with Crippen molar-refractivity contribution in [1.29, 1.82) is 0 Å². The van der Waals surface area contributed by atoms with E-state index in [-0.39, 0.29) is 0 Å². The molecule has 5 N–H and O–H groups in total. The van der Waals surface area contributed by atoms with Crippen LogP contribution in [0.15, 0.2) is 18.2 Å². The molecule has 1 rings (SSSR count). The summed E-state index contributed by atoms with van der Waals surface area (Å²) in [5, 5.41) is 0. The van der Waals surface area contributed by atoms with Crippen molar-refractivity contribution >= 4 is 13.5 Å². The molecule has 80 valence electrons. The first-order chi connectivity index (χ1) is 6.20. The average molecular weight is 219 g/mol. The van der Waals surface area contributed by atoms with Crippen molar-refractivity contribution in [3.05, 3.63) is 29.3 Å². The summed E-state index contributed by atoms with van der Waals surface area (Å²) in [6.45, 7) is 4.05. The maximum atomic E-state index is 8.88. The molecule has 0 aliphatic carbocycles. The van der Waals surface area contributed by atoms with E-state index >= 15 is 0 Å². The number of rotatable bonds is 0. The van der Waals surface area contributed by atoms with E-state index in [1.54, 1.807) is 0 Å². The van der Waals surface area contributed by atoms with E-state index in [0.717, 1.165) is 11.3 Å². The molecule has 1 aromatic rings. The molecule has 6 heteroatoms. The first kappa shape index (κ1) is 13.1. The van der Waals surface area contributed by atoms with E-state index < -0.39 is 7.82 Å². The summed E-state index contributed by atoms with van der Waals surface area (Å²) >= 11 is 0. The minimum Gasteiger partial charge on any atom is -0.399 e.